The molecule has 1 atom stereocenters. The Morgan fingerprint density at radius 2 is 2.00 bits per heavy atom. The van der Waals surface area contributed by atoms with Crippen LogP contribution in [0.5, 0.6) is 5.75 Å². The van der Waals surface area contributed by atoms with Gasteiger partial charge in [0.15, 0.2) is 0 Å². The molecule has 0 spiro atoms. The lowest BCUT2D eigenvalue weighted by atomic mass is 10.1. The lowest BCUT2D eigenvalue weighted by molar-refractivity contribution is 0.0939. The van der Waals surface area contributed by atoms with Crippen LogP contribution in [0.4, 0.5) is 5.69 Å². The number of nitrogen functional groups attached to an aromatic ring is 1. The van der Waals surface area contributed by atoms with Crippen molar-refractivity contribution in [3.05, 3.63) is 45.1 Å². The molecule has 1 amide bonds. The topological polar surface area (TPSA) is 64.3 Å². The normalized spacial score (nSPS) is 12.0. The van der Waals surface area contributed by atoms with E-state index < -0.39 is 0 Å². The molecule has 0 aliphatic carbocycles. The van der Waals surface area contributed by atoms with E-state index in [1.54, 1.807) is 36.6 Å². The van der Waals surface area contributed by atoms with Crippen LogP contribution in [0.1, 0.15) is 38.6 Å². The maximum atomic E-state index is 12.3. The predicted molar refractivity (Wildman–Crippen MR) is 87.1 cm³/mol. The Morgan fingerprint density at radius 1 is 1.29 bits per heavy atom. The van der Waals surface area contributed by atoms with Gasteiger partial charge < -0.3 is 15.8 Å². The minimum absolute atomic E-state index is 0.0464. The molecule has 0 bridgehead atoms. The van der Waals surface area contributed by atoms with Crippen LogP contribution in [0.3, 0.4) is 0 Å². The van der Waals surface area contributed by atoms with Gasteiger partial charge in [-0.15, -0.1) is 11.3 Å². The molecule has 5 heteroatoms. The Hall–Kier alpha value is -2.01. The van der Waals surface area contributed by atoms with Gasteiger partial charge in [-0.05, 0) is 44.5 Å². The molecule has 2 rings (SSSR count). The van der Waals surface area contributed by atoms with Gasteiger partial charge in [0.2, 0.25) is 0 Å². The quantitative estimate of drug-likeness (QED) is 0.850. The first kappa shape index (κ1) is 15.4. The Kier molecular flexibility index (Phi) is 4.53. The first-order chi connectivity index (χ1) is 9.90. The van der Waals surface area contributed by atoms with Crippen molar-refractivity contribution in [2.45, 2.75) is 26.8 Å². The van der Waals surface area contributed by atoms with Crippen molar-refractivity contribution in [3.63, 3.8) is 0 Å². The lowest BCUT2D eigenvalue weighted by Crippen LogP contribution is -2.26. The molecule has 1 unspecified atom stereocenters. The number of methoxy groups -OCH3 is 1. The van der Waals surface area contributed by atoms with Crippen LogP contribution < -0.4 is 15.8 Å². The van der Waals surface area contributed by atoms with Crippen molar-refractivity contribution in [2.75, 3.05) is 12.8 Å². The Labute approximate surface area is 128 Å². The summed E-state index contributed by atoms with van der Waals surface area (Å²) in [6, 6.07) is 7.09. The van der Waals surface area contributed by atoms with Crippen LogP contribution >= 0.6 is 11.3 Å². The average Bonchev–Trinajstić information content (AvgIpc) is 2.76. The van der Waals surface area contributed by atoms with Gasteiger partial charge in [0.05, 0.1) is 13.2 Å². The average molecular weight is 304 g/mol. The lowest BCUT2D eigenvalue weighted by Gasteiger charge is -2.15. The number of nitrogens with two attached hydrogens (primary N) is 1. The molecule has 0 saturated carbocycles. The van der Waals surface area contributed by atoms with E-state index in [9.17, 15) is 4.79 Å². The Balaban J connectivity index is 2.18. The summed E-state index contributed by atoms with van der Waals surface area (Å²) in [5.74, 6) is 0.423. The van der Waals surface area contributed by atoms with Gasteiger partial charge in [-0.1, -0.05) is 0 Å². The summed E-state index contributed by atoms with van der Waals surface area (Å²) in [7, 11) is 1.55. The van der Waals surface area contributed by atoms with Crippen LogP contribution in [0.15, 0.2) is 24.3 Å². The predicted octanol–water partition coefficient (Wildman–Crippen LogP) is 3.45. The Morgan fingerprint density at radius 3 is 2.57 bits per heavy atom. The maximum Gasteiger partial charge on any atom is 0.251 e. The molecule has 0 saturated heterocycles. The van der Waals surface area contributed by atoms with Crippen LogP contribution in [0, 0.1) is 13.8 Å². The smallest absolute Gasteiger partial charge is 0.251 e. The summed E-state index contributed by atoms with van der Waals surface area (Å²) >= 11 is 1.74. The molecule has 0 aliphatic rings. The van der Waals surface area contributed by atoms with Crippen molar-refractivity contribution >= 4 is 22.9 Å². The first-order valence-corrected chi connectivity index (χ1v) is 7.54. The number of benzene rings is 1. The van der Waals surface area contributed by atoms with E-state index in [4.69, 9.17) is 10.5 Å². The number of ether oxygens (including phenoxy) is 1. The number of hydrogen-bond acceptors (Lipinski definition) is 4. The van der Waals surface area contributed by atoms with Crippen molar-refractivity contribution < 1.29 is 9.53 Å². The number of carbonyl (C=O) groups is 1. The molecule has 0 aliphatic heterocycles. The van der Waals surface area contributed by atoms with Gasteiger partial charge in [-0.3, -0.25) is 4.79 Å². The van der Waals surface area contributed by atoms with Crippen LogP contribution in [0.25, 0.3) is 0 Å². The number of anilines is 1. The van der Waals surface area contributed by atoms with Gasteiger partial charge in [-0.2, -0.15) is 0 Å². The van der Waals surface area contributed by atoms with E-state index in [2.05, 4.69) is 25.2 Å². The zero-order valence-corrected chi connectivity index (χ0v) is 13.5. The fourth-order valence-electron chi connectivity index (χ4n) is 2.31. The summed E-state index contributed by atoms with van der Waals surface area (Å²) in [5.41, 5.74) is 7.95. The molecule has 0 fully saturated rings. The third-order valence-electron chi connectivity index (χ3n) is 3.32. The summed E-state index contributed by atoms with van der Waals surface area (Å²) in [6.07, 6.45) is 0. The third-order valence-corrected chi connectivity index (χ3v) is 4.30. The number of aryl methyl sites for hydroxylation is 2. The van der Waals surface area contributed by atoms with Crippen molar-refractivity contribution in [1.82, 2.24) is 5.32 Å². The SMILES string of the molecule is COc1cc(N)cc(C(=O)NC(C)c2cc(C)sc2C)c1. The second kappa shape index (κ2) is 6.18. The minimum Gasteiger partial charge on any atom is -0.497 e. The zero-order valence-electron chi connectivity index (χ0n) is 12.7. The molecule has 4 nitrogen and oxygen atoms in total. The number of carbonyl (C=O) groups excluding carboxylic acids is 1. The van der Waals surface area contributed by atoms with Gasteiger partial charge in [-0.25, -0.2) is 0 Å². The second-order valence-electron chi connectivity index (χ2n) is 5.06. The highest BCUT2D eigenvalue weighted by Gasteiger charge is 2.15. The number of thiophene rings is 1. The first-order valence-electron chi connectivity index (χ1n) is 6.73. The van der Waals surface area contributed by atoms with Gasteiger partial charge in [0, 0.05) is 27.1 Å². The zero-order chi connectivity index (χ0) is 15.6. The van der Waals surface area contributed by atoms with E-state index in [0.717, 1.165) is 5.56 Å². The number of hydrogen-bond donors (Lipinski definition) is 2. The second-order valence-corrected chi connectivity index (χ2v) is 6.52. The van der Waals surface area contributed by atoms with E-state index in [1.807, 2.05) is 6.92 Å². The molecule has 21 heavy (non-hydrogen) atoms. The summed E-state index contributed by atoms with van der Waals surface area (Å²) in [4.78, 5) is 14.8. The fraction of sp³-hybridized carbons (Fsp3) is 0.312. The highest BCUT2D eigenvalue weighted by molar-refractivity contribution is 7.12. The standard InChI is InChI=1S/C16H20N2O2S/c1-9-5-15(11(3)21-9)10(2)18-16(19)12-6-13(17)8-14(7-12)20-4/h5-8,10H,17H2,1-4H3,(H,18,19). The van der Waals surface area contributed by atoms with Crippen LogP contribution in [0.2, 0.25) is 0 Å². The number of rotatable bonds is 4. The van der Waals surface area contributed by atoms with Gasteiger partial charge in [0.1, 0.15) is 5.75 Å². The third kappa shape index (κ3) is 3.55. The molecule has 1 aromatic heterocycles. The van der Waals surface area contributed by atoms with Gasteiger partial charge in [0.25, 0.3) is 5.91 Å². The molecule has 1 heterocycles. The van der Waals surface area contributed by atoms with Crippen LogP contribution in [-0.2, 0) is 0 Å². The highest BCUT2D eigenvalue weighted by atomic mass is 32.1. The molecule has 0 radical (unpaired) electrons. The Bertz CT molecular complexity index is 664. The molecular formula is C16H20N2O2S. The summed E-state index contributed by atoms with van der Waals surface area (Å²) in [5, 5.41) is 3.00. The summed E-state index contributed by atoms with van der Waals surface area (Å²) in [6.45, 7) is 6.12. The number of nitrogens with one attached hydrogen (secondary N) is 1. The molecule has 112 valence electrons. The monoisotopic (exact) mass is 304 g/mol. The van der Waals surface area contributed by atoms with Crippen molar-refractivity contribution in [1.29, 1.82) is 0 Å². The molecular weight excluding hydrogens is 284 g/mol. The van der Waals surface area contributed by atoms with E-state index in [1.165, 1.54) is 9.75 Å². The van der Waals surface area contributed by atoms with Crippen LogP contribution in [-0.4, -0.2) is 13.0 Å². The summed E-state index contributed by atoms with van der Waals surface area (Å²) < 4.78 is 5.14. The number of amides is 1. The van der Waals surface area contributed by atoms with E-state index >= 15 is 0 Å². The fourth-order valence-corrected chi connectivity index (χ4v) is 3.33. The van der Waals surface area contributed by atoms with E-state index in [-0.39, 0.29) is 11.9 Å². The largest absolute Gasteiger partial charge is 0.497 e. The molecule has 3 N–H and O–H groups in total. The molecule has 2 aromatic rings. The van der Waals surface area contributed by atoms with Crippen molar-refractivity contribution in [2.24, 2.45) is 0 Å². The minimum atomic E-state index is -0.156. The van der Waals surface area contributed by atoms with Crippen molar-refractivity contribution in [3.8, 4) is 5.75 Å². The van der Waals surface area contributed by atoms with Gasteiger partial charge >= 0.3 is 0 Å². The maximum absolute atomic E-state index is 12.3. The highest BCUT2D eigenvalue weighted by Crippen LogP contribution is 2.26. The van der Waals surface area contributed by atoms with E-state index in [0.29, 0.717) is 17.0 Å². The molecule has 1 aromatic carbocycles.